The van der Waals surface area contributed by atoms with Crippen LogP contribution in [0.5, 0.6) is 115 Å². The van der Waals surface area contributed by atoms with Crippen LogP contribution in [0.3, 0.4) is 0 Å². The van der Waals surface area contributed by atoms with Gasteiger partial charge in [-0.3, -0.25) is 4.79 Å². The molecule has 23 N–H and O–H groups in total. The van der Waals surface area contributed by atoms with Gasteiger partial charge in [-0.1, -0.05) is 0 Å². The Morgan fingerprint density at radius 1 is 0.218 bits per heavy atom. The molecule has 1 unspecified atom stereocenters. The fourth-order valence-corrected chi connectivity index (χ4v) is 11.3. The smallest absolute Gasteiger partial charge is 0.208 e. The molecule has 9 aromatic carbocycles. The molecule has 4 aromatic heterocycles. The van der Waals surface area contributed by atoms with Gasteiger partial charge in [-0.05, 0) is 0 Å². The number of carbonyl (C=O) groups excluding carboxylic acids is 1. The molecule has 28 heteroatoms. The van der Waals surface area contributed by atoms with Crippen LogP contribution in [0, 0.1) is 0 Å². The number of phenolic OH excluding ortho intramolecular Hbond substituents is 20. The Kier molecular flexibility index (Phi) is 7.64. The van der Waals surface area contributed by atoms with Crippen LogP contribution in [-0.4, -0.2) is 129 Å². The van der Waals surface area contributed by atoms with Gasteiger partial charge >= 0.3 is 0 Å². The van der Waals surface area contributed by atoms with Gasteiger partial charge < -0.3 is 135 Å². The lowest BCUT2D eigenvalue weighted by Crippen LogP contribution is -2.29. The topological polar surface area (TPSA) is 535 Å². The third-order valence-electron chi connectivity index (χ3n) is 14.7. The van der Waals surface area contributed by atoms with Crippen LogP contribution in [0.4, 0.5) is 0 Å². The monoisotopic (exact) mass is 1070 g/mol. The molecule has 392 valence electrons. The number of hydrogen-bond acceptors (Lipinski definition) is 28. The van der Waals surface area contributed by atoms with Crippen molar-refractivity contribution >= 4 is 132 Å². The van der Waals surface area contributed by atoms with Crippen molar-refractivity contribution in [3.05, 3.63) is 16.9 Å². The Bertz CT molecular complexity index is 5250. The lowest BCUT2D eigenvalue weighted by molar-refractivity contribution is 0.0719. The Balaban J connectivity index is 1.38. The van der Waals surface area contributed by atoms with Gasteiger partial charge in [0.05, 0.1) is 43.4 Å². The lowest BCUT2D eigenvalue weighted by Gasteiger charge is -2.27. The fraction of sp³-hybridized carbons (Fsp3) is 0.0200. The van der Waals surface area contributed by atoms with E-state index in [1.165, 1.54) is 0 Å². The summed E-state index contributed by atoms with van der Waals surface area (Å²) < 4.78 is 24.6. The largest absolute Gasteiger partial charge is 0.506 e. The van der Waals surface area contributed by atoms with Crippen molar-refractivity contribution < 1.29 is 140 Å². The maximum absolute atomic E-state index is 14.6. The highest BCUT2D eigenvalue weighted by Gasteiger charge is 2.44. The zero-order chi connectivity index (χ0) is 55.7. The van der Waals surface area contributed by atoms with Gasteiger partial charge in [0.15, 0.2) is 109 Å². The second-order valence-corrected chi connectivity index (χ2v) is 18.3. The summed E-state index contributed by atoms with van der Waals surface area (Å²) >= 11 is 0. The van der Waals surface area contributed by atoms with Gasteiger partial charge in [0.25, 0.3) is 0 Å². The molecule has 0 amide bonds. The standard InChI is InChI=1S/C50H24O28/c51-19-3-1-7-5-4(20(52)32(64)33(65)21(5)53)6-12(25(57)36(68)34(66)22(6)54)43(7)76-47-9(1)10-2-8(3)44(14(24(19)56)15-27(59)31(63)28(60)16-17-29(61)38(70)39(71)40(72)49(17)77-45(15)16)75-46-13-11(23(55)35(67)37(69)26(13)58)30(62)50(18(2)46)78-48(10)42(74)41(47)73/h33,51-52,54-74H. The van der Waals surface area contributed by atoms with Gasteiger partial charge in [-0.15, -0.1) is 0 Å². The summed E-state index contributed by atoms with van der Waals surface area (Å²) in [7, 11) is 0. The van der Waals surface area contributed by atoms with E-state index in [2.05, 4.69) is 0 Å². The van der Waals surface area contributed by atoms with Crippen molar-refractivity contribution in [2.45, 2.75) is 6.10 Å². The van der Waals surface area contributed by atoms with E-state index in [1.54, 1.807) is 0 Å². The number of benzene rings is 9. The number of fused-ring (bicyclic) bond motifs is 13. The van der Waals surface area contributed by atoms with Gasteiger partial charge in [-0.25, -0.2) is 0 Å². The molecule has 0 radical (unpaired) electrons. The second kappa shape index (κ2) is 13.3. The van der Waals surface area contributed by atoms with Gasteiger partial charge in [-0.2, -0.15) is 0 Å². The molecule has 0 aliphatic heterocycles. The Hall–Kier alpha value is -11.8. The highest BCUT2D eigenvalue weighted by molar-refractivity contribution is 6.49. The molecule has 0 spiro atoms. The number of aliphatic hydroxyl groups is 3. The minimum atomic E-state index is -2.72. The first kappa shape index (κ1) is 44.9. The van der Waals surface area contributed by atoms with E-state index >= 15 is 0 Å². The van der Waals surface area contributed by atoms with Crippen molar-refractivity contribution in [2.24, 2.45) is 0 Å². The first-order chi connectivity index (χ1) is 36.8. The van der Waals surface area contributed by atoms with Crippen molar-refractivity contribution in [1.29, 1.82) is 0 Å². The molecule has 78 heavy (non-hydrogen) atoms. The van der Waals surface area contributed by atoms with E-state index < -0.39 is 281 Å². The summed E-state index contributed by atoms with van der Waals surface area (Å²) in [6.07, 6.45) is -2.72. The molecule has 0 fully saturated rings. The fourth-order valence-electron chi connectivity index (χ4n) is 11.3. The summed E-state index contributed by atoms with van der Waals surface area (Å²) in [5.74, 6) is -33.1. The number of phenols is 20. The molecule has 1 atom stereocenters. The van der Waals surface area contributed by atoms with Crippen LogP contribution >= 0.6 is 0 Å². The lowest BCUT2D eigenvalue weighted by atomic mass is 9.80. The first-order valence-corrected chi connectivity index (χ1v) is 21.8. The van der Waals surface area contributed by atoms with Crippen LogP contribution in [0.2, 0.25) is 0 Å². The number of Topliss-reactive ketones (excluding diaryl/α,β-unsaturated/α-hetero) is 1. The zero-order valence-electron chi connectivity index (χ0n) is 37.4. The Morgan fingerprint density at radius 2 is 0.526 bits per heavy atom. The average molecular weight is 1070 g/mol. The Labute approximate surface area is 419 Å². The maximum Gasteiger partial charge on any atom is 0.208 e. The third-order valence-corrected chi connectivity index (χ3v) is 14.7. The number of rotatable bonds is 1. The molecule has 0 bridgehead atoms. The average Bonchev–Trinajstić information content (AvgIpc) is 1.97. The van der Waals surface area contributed by atoms with E-state index in [4.69, 9.17) is 17.7 Å². The normalized spacial score (nSPS) is 14.4. The van der Waals surface area contributed by atoms with Crippen molar-refractivity contribution in [2.75, 3.05) is 0 Å². The van der Waals surface area contributed by atoms with Crippen LogP contribution < -0.4 is 0 Å². The summed E-state index contributed by atoms with van der Waals surface area (Å²) in [5.41, 5.74) is -12.2. The molecule has 14 rings (SSSR count). The van der Waals surface area contributed by atoms with E-state index in [9.17, 15) is 122 Å². The minimum absolute atomic E-state index is 0.571. The number of aromatic hydroxyl groups is 20. The van der Waals surface area contributed by atoms with Gasteiger partial charge in [0.2, 0.25) is 63.3 Å². The van der Waals surface area contributed by atoms with E-state index in [0.717, 1.165) is 0 Å². The molecule has 1 aliphatic carbocycles. The van der Waals surface area contributed by atoms with Crippen molar-refractivity contribution in [1.82, 2.24) is 0 Å². The summed E-state index contributed by atoms with van der Waals surface area (Å²) in [4.78, 5) is 14.6. The van der Waals surface area contributed by atoms with Crippen LogP contribution in [0.25, 0.3) is 137 Å². The summed E-state index contributed by atoms with van der Waals surface area (Å²) in [6, 6.07) is 0. The molecular weight excluding hydrogens is 1050 g/mol. The number of carbonyl (C=O) groups is 1. The highest BCUT2D eigenvalue weighted by Crippen LogP contribution is 2.67. The number of hydrogen-bond donors (Lipinski definition) is 23. The van der Waals surface area contributed by atoms with Crippen molar-refractivity contribution in [3.63, 3.8) is 0 Å². The van der Waals surface area contributed by atoms with Crippen LogP contribution in [-0.2, 0) is 0 Å². The molecule has 28 nitrogen and oxygen atoms in total. The first-order valence-electron chi connectivity index (χ1n) is 21.8. The van der Waals surface area contributed by atoms with Crippen molar-refractivity contribution in [3.8, 4) is 126 Å². The predicted octanol–water partition coefficient (Wildman–Crippen LogP) is 7.30. The quantitative estimate of drug-likeness (QED) is 0.0331. The second-order valence-electron chi connectivity index (χ2n) is 18.3. The predicted molar refractivity (Wildman–Crippen MR) is 261 cm³/mol. The van der Waals surface area contributed by atoms with Crippen LogP contribution in [0.1, 0.15) is 15.9 Å². The van der Waals surface area contributed by atoms with E-state index in [-0.39, 0.29) is 0 Å². The maximum atomic E-state index is 14.6. The van der Waals surface area contributed by atoms with Gasteiger partial charge in [0, 0.05) is 54.2 Å². The number of ketones is 1. The third kappa shape index (κ3) is 4.44. The van der Waals surface area contributed by atoms with Crippen LogP contribution in [0.15, 0.2) is 23.4 Å². The summed E-state index contributed by atoms with van der Waals surface area (Å²) in [6.45, 7) is 0. The van der Waals surface area contributed by atoms with E-state index in [1.807, 2.05) is 0 Å². The molecule has 13 aromatic rings. The zero-order valence-corrected chi connectivity index (χ0v) is 37.4. The molecular formula is C50H24O28. The number of furan rings is 1. The molecule has 0 saturated heterocycles. The van der Waals surface area contributed by atoms with Gasteiger partial charge in [0.1, 0.15) is 11.2 Å². The number of aliphatic hydroxyl groups excluding tert-OH is 3. The van der Waals surface area contributed by atoms with E-state index in [0.29, 0.717) is 0 Å². The SMILES string of the molecule is O=C1c2c(c3c(O)c(O)c(O)c(O)c3c3oc4c(O)c(O)c5oc6c(O)c7c(O)c(O)c(O)c(O)c7c7oc8c(-c9c(O)c(O)c(O)c%10c9oc9c(O)c(O)c(O)c(O)c9%10)c(O)c(O)c9c8c(c67)c5c4c9c23)C(O)=C(O)C1O. The minimum Gasteiger partial charge on any atom is -0.506 e. The highest BCUT2D eigenvalue weighted by atomic mass is 16.4. The molecule has 4 heterocycles. The summed E-state index contributed by atoms with van der Waals surface area (Å²) in [5, 5.41) is 251. The Morgan fingerprint density at radius 3 is 1.08 bits per heavy atom. The molecule has 0 saturated carbocycles. The molecule has 1 aliphatic rings.